The molecule has 7 nitrogen and oxygen atoms in total. The summed E-state index contributed by atoms with van der Waals surface area (Å²) in [6.07, 6.45) is -4.15. The number of carbonyl (C=O) groups excluding carboxylic acids is 1. The van der Waals surface area contributed by atoms with Gasteiger partial charge in [0.05, 0.1) is 18.2 Å². The summed E-state index contributed by atoms with van der Waals surface area (Å²) in [5, 5.41) is 8.01. The highest BCUT2D eigenvalue weighted by Crippen LogP contribution is 2.38. The van der Waals surface area contributed by atoms with E-state index in [1.807, 2.05) is 0 Å². The predicted octanol–water partition coefficient (Wildman–Crippen LogP) is 2.68. The molecule has 174 valence electrons. The number of halogens is 3. The third-order valence-electron chi connectivity index (χ3n) is 5.78. The van der Waals surface area contributed by atoms with Crippen molar-refractivity contribution in [2.75, 3.05) is 26.7 Å². The van der Waals surface area contributed by atoms with Gasteiger partial charge in [-0.1, -0.05) is 30.3 Å². The zero-order valence-corrected chi connectivity index (χ0v) is 18.2. The number of hydrogen-bond donors (Lipinski definition) is 2. The maximum Gasteiger partial charge on any atom is 0.416 e. The average molecular weight is 472 g/mol. The molecule has 32 heavy (non-hydrogen) atoms. The van der Waals surface area contributed by atoms with Gasteiger partial charge in [0.2, 0.25) is 0 Å². The fourth-order valence-electron chi connectivity index (χ4n) is 3.94. The van der Waals surface area contributed by atoms with Crippen molar-refractivity contribution in [2.45, 2.75) is 24.4 Å². The van der Waals surface area contributed by atoms with E-state index < -0.39 is 33.3 Å². The van der Waals surface area contributed by atoms with E-state index in [1.54, 1.807) is 30.3 Å². The first-order chi connectivity index (χ1) is 15.0. The standard InChI is InChI=1S/C21H24F3N3O4S/c1-31-18-8-3-2-7-17(18)19(28)26-14-20(9-11-27(12-10-20)32(25,29)30)15-5-4-6-16(13-15)21(22,23)24/h2-8,13H,9-12,14H2,1H3,(H,26,28)(H2,25,29,30). The number of nitrogens with zero attached hydrogens (tertiary/aromatic N) is 1. The molecule has 1 saturated heterocycles. The van der Waals surface area contributed by atoms with Gasteiger partial charge in [-0.05, 0) is 36.6 Å². The Balaban J connectivity index is 1.91. The Morgan fingerprint density at radius 2 is 1.81 bits per heavy atom. The number of amides is 1. The van der Waals surface area contributed by atoms with E-state index in [0.29, 0.717) is 11.3 Å². The normalized spacial score (nSPS) is 17.0. The summed E-state index contributed by atoms with van der Waals surface area (Å²) in [4.78, 5) is 12.8. The molecule has 1 aliphatic rings. The lowest BCUT2D eigenvalue weighted by Crippen LogP contribution is -2.51. The van der Waals surface area contributed by atoms with Crippen molar-refractivity contribution in [1.29, 1.82) is 0 Å². The quantitative estimate of drug-likeness (QED) is 0.676. The van der Waals surface area contributed by atoms with Gasteiger partial charge in [-0.2, -0.15) is 25.9 Å². The Morgan fingerprint density at radius 3 is 2.41 bits per heavy atom. The van der Waals surface area contributed by atoms with Crippen molar-refractivity contribution in [3.05, 3.63) is 65.2 Å². The fraction of sp³-hybridized carbons (Fsp3) is 0.381. The van der Waals surface area contributed by atoms with Gasteiger partial charge < -0.3 is 10.1 Å². The highest BCUT2D eigenvalue weighted by molar-refractivity contribution is 7.86. The smallest absolute Gasteiger partial charge is 0.416 e. The Kier molecular flexibility index (Phi) is 6.82. The Hall–Kier alpha value is -2.63. The zero-order valence-electron chi connectivity index (χ0n) is 17.4. The van der Waals surface area contributed by atoms with Crippen LogP contribution in [0, 0.1) is 0 Å². The van der Waals surface area contributed by atoms with E-state index in [-0.39, 0.29) is 38.0 Å². The van der Waals surface area contributed by atoms with Crippen molar-refractivity contribution in [1.82, 2.24) is 9.62 Å². The molecule has 1 heterocycles. The third-order valence-corrected chi connectivity index (χ3v) is 6.87. The molecule has 0 atom stereocenters. The van der Waals surface area contributed by atoms with Gasteiger partial charge in [0.25, 0.3) is 16.1 Å². The number of carbonyl (C=O) groups is 1. The topological polar surface area (TPSA) is 102 Å². The molecule has 1 amide bonds. The number of rotatable bonds is 6. The van der Waals surface area contributed by atoms with Crippen molar-refractivity contribution in [3.63, 3.8) is 0 Å². The van der Waals surface area contributed by atoms with E-state index in [2.05, 4.69) is 5.32 Å². The lowest BCUT2D eigenvalue weighted by Gasteiger charge is -2.41. The maximum absolute atomic E-state index is 13.3. The second kappa shape index (κ2) is 9.08. The van der Waals surface area contributed by atoms with E-state index in [0.717, 1.165) is 16.4 Å². The summed E-state index contributed by atoms with van der Waals surface area (Å²) in [5.41, 5.74) is -1.04. The molecule has 0 aliphatic carbocycles. The number of piperidine rings is 1. The van der Waals surface area contributed by atoms with E-state index in [4.69, 9.17) is 9.88 Å². The molecule has 11 heteroatoms. The largest absolute Gasteiger partial charge is 0.496 e. The van der Waals surface area contributed by atoms with Gasteiger partial charge in [-0.25, -0.2) is 5.14 Å². The molecule has 3 rings (SSSR count). The lowest BCUT2D eigenvalue weighted by molar-refractivity contribution is -0.137. The highest BCUT2D eigenvalue weighted by Gasteiger charge is 2.40. The summed E-state index contributed by atoms with van der Waals surface area (Å²) in [7, 11) is -2.49. The first-order valence-corrected chi connectivity index (χ1v) is 11.3. The SMILES string of the molecule is COc1ccccc1C(=O)NCC1(c2cccc(C(F)(F)F)c2)CCN(S(N)(=O)=O)CC1. The van der Waals surface area contributed by atoms with Crippen molar-refractivity contribution in [2.24, 2.45) is 5.14 Å². The second-order valence-electron chi connectivity index (χ2n) is 7.69. The summed E-state index contributed by atoms with van der Waals surface area (Å²) in [5.74, 6) is -0.0789. The van der Waals surface area contributed by atoms with E-state index >= 15 is 0 Å². The van der Waals surface area contributed by atoms with Crippen LogP contribution < -0.4 is 15.2 Å². The van der Waals surface area contributed by atoms with Gasteiger partial charge in [0, 0.05) is 25.0 Å². The zero-order chi connectivity index (χ0) is 23.6. The Morgan fingerprint density at radius 1 is 1.16 bits per heavy atom. The predicted molar refractivity (Wildman–Crippen MR) is 112 cm³/mol. The molecule has 2 aromatic rings. The number of para-hydroxylation sites is 1. The molecule has 1 aliphatic heterocycles. The summed E-state index contributed by atoms with van der Waals surface area (Å²) < 4.78 is 69.6. The van der Waals surface area contributed by atoms with Crippen LogP contribution in [-0.2, 0) is 21.8 Å². The molecule has 0 aromatic heterocycles. The van der Waals surface area contributed by atoms with Crippen LogP contribution in [0.4, 0.5) is 13.2 Å². The number of nitrogens with two attached hydrogens (primary N) is 1. The average Bonchev–Trinajstić information content (AvgIpc) is 2.76. The number of ether oxygens (including phenoxy) is 1. The Bertz CT molecular complexity index is 1080. The van der Waals surface area contributed by atoms with Crippen LogP contribution in [0.2, 0.25) is 0 Å². The number of hydrogen-bond acceptors (Lipinski definition) is 4. The minimum Gasteiger partial charge on any atom is -0.496 e. The monoisotopic (exact) mass is 471 g/mol. The number of alkyl halides is 3. The number of methoxy groups -OCH3 is 1. The highest BCUT2D eigenvalue weighted by atomic mass is 32.2. The van der Waals surface area contributed by atoms with Gasteiger partial charge in [0.15, 0.2) is 0 Å². The van der Waals surface area contributed by atoms with Crippen molar-refractivity contribution < 1.29 is 31.1 Å². The van der Waals surface area contributed by atoms with Gasteiger partial charge >= 0.3 is 6.18 Å². The molecule has 0 radical (unpaired) electrons. The molecular formula is C21H24F3N3O4S. The van der Waals surface area contributed by atoms with E-state index in [9.17, 15) is 26.4 Å². The van der Waals surface area contributed by atoms with E-state index in [1.165, 1.54) is 13.2 Å². The maximum atomic E-state index is 13.3. The second-order valence-corrected chi connectivity index (χ2v) is 9.23. The molecule has 0 saturated carbocycles. The van der Waals surface area contributed by atoms with Gasteiger partial charge in [0.1, 0.15) is 5.75 Å². The summed E-state index contributed by atoms with van der Waals surface area (Å²) >= 11 is 0. The van der Waals surface area contributed by atoms with Crippen LogP contribution in [0.1, 0.15) is 34.3 Å². The van der Waals surface area contributed by atoms with Crippen molar-refractivity contribution >= 4 is 16.1 Å². The molecule has 1 fully saturated rings. The van der Waals surface area contributed by atoms with Crippen LogP contribution in [0.15, 0.2) is 48.5 Å². The van der Waals surface area contributed by atoms with Crippen LogP contribution in [0.3, 0.4) is 0 Å². The van der Waals surface area contributed by atoms with Crippen LogP contribution >= 0.6 is 0 Å². The molecule has 2 aromatic carbocycles. The molecule has 0 bridgehead atoms. The molecule has 0 spiro atoms. The molecule has 3 N–H and O–H groups in total. The summed E-state index contributed by atoms with van der Waals surface area (Å²) in [6.45, 7) is 0.0723. The molecule has 0 unspecified atom stereocenters. The fourth-order valence-corrected chi connectivity index (χ4v) is 4.63. The number of nitrogens with one attached hydrogen (secondary N) is 1. The Labute approximate surface area is 184 Å². The van der Waals surface area contributed by atoms with Gasteiger partial charge in [-0.3, -0.25) is 4.79 Å². The first-order valence-electron chi connectivity index (χ1n) is 9.83. The third kappa shape index (κ3) is 5.22. The van der Waals surface area contributed by atoms with Crippen molar-refractivity contribution in [3.8, 4) is 5.75 Å². The van der Waals surface area contributed by atoms with Crippen LogP contribution in [0.5, 0.6) is 5.75 Å². The lowest BCUT2D eigenvalue weighted by atomic mass is 9.72. The van der Waals surface area contributed by atoms with Crippen LogP contribution in [-0.4, -0.2) is 45.4 Å². The van der Waals surface area contributed by atoms with Gasteiger partial charge in [-0.15, -0.1) is 0 Å². The summed E-state index contributed by atoms with van der Waals surface area (Å²) in [6, 6.07) is 11.5. The first kappa shape index (κ1) is 24.0. The number of benzene rings is 2. The minimum absolute atomic E-state index is 0.0175. The van der Waals surface area contributed by atoms with Crippen LogP contribution in [0.25, 0.3) is 0 Å². The molecular weight excluding hydrogens is 447 g/mol. The minimum atomic E-state index is -4.53.